The van der Waals surface area contributed by atoms with Crippen LogP contribution >= 0.6 is 11.6 Å². The highest BCUT2D eigenvalue weighted by atomic mass is 35.5. The van der Waals surface area contributed by atoms with Crippen molar-refractivity contribution in [2.45, 2.75) is 51.4 Å². The Morgan fingerprint density at radius 1 is 0.714 bits per heavy atom. The highest BCUT2D eigenvalue weighted by Gasteiger charge is 2.57. The van der Waals surface area contributed by atoms with E-state index >= 15 is 0 Å². The van der Waals surface area contributed by atoms with E-state index in [9.17, 15) is 0 Å². The lowest BCUT2D eigenvalue weighted by atomic mass is 9.49. The normalized spacial score (nSPS) is 28.8. The van der Waals surface area contributed by atoms with Crippen molar-refractivity contribution in [2.75, 3.05) is 0 Å². The molecule has 4 aromatic rings. The third-order valence-corrected chi connectivity index (χ3v) is 10.2. The molecule has 0 saturated heterocycles. The topological polar surface area (TPSA) is 0 Å². The zero-order valence-corrected chi connectivity index (χ0v) is 21.5. The number of hydrogen-bond donors (Lipinski definition) is 0. The number of benzene rings is 4. The van der Waals surface area contributed by atoms with Crippen LogP contribution in [0.2, 0.25) is 5.02 Å². The molecule has 1 spiro atoms. The van der Waals surface area contributed by atoms with Gasteiger partial charge in [0, 0.05) is 15.8 Å². The van der Waals surface area contributed by atoms with E-state index in [4.69, 9.17) is 11.6 Å². The fourth-order valence-corrected chi connectivity index (χ4v) is 8.86. The number of rotatable bonds is 2. The van der Waals surface area contributed by atoms with Gasteiger partial charge in [-0.15, -0.1) is 0 Å². The van der Waals surface area contributed by atoms with E-state index in [2.05, 4.69) is 92.7 Å². The Morgan fingerprint density at radius 3 is 2.31 bits per heavy atom. The summed E-state index contributed by atoms with van der Waals surface area (Å²) in [6.45, 7) is 4.96. The van der Waals surface area contributed by atoms with Gasteiger partial charge in [0.25, 0.3) is 0 Å². The molecule has 2 fully saturated rings. The van der Waals surface area contributed by atoms with Crippen LogP contribution < -0.4 is 0 Å². The molecule has 4 aromatic carbocycles. The maximum Gasteiger partial charge on any atom is 0.0484 e. The summed E-state index contributed by atoms with van der Waals surface area (Å²) in [7, 11) is 0. The van der Waals surface area contributed by atoms with Crippen molar-refractivity contribution in [3.05, 3.63) is 95.0 Å². The van der Waals surface area contributed by atoms with Crippen molar-refractivity contribution < 1.29 is 0 Å². The quantitative estimate of drug-likeness (QED) is 0.270. The first-order valence-corrected chi connectivity index (χ1v) is 13.9. The fourth-order valence-electron chi connectivity index (χ4n) is 8.64. The van der Waals surface area contributed by atoms with Gasteiger partial charge < -0.3 is 0 Å². The molecular weight excluding hydrogens is 444 g/mol. The molecule has 3 aliphatic rings. The van der Waals surface area contributed by atoms with Crippen molar-refractivity contribution in [2.24, 2.45) is 23.7 Å². The Hall–Kier alpha value is -2.57. The molecule has 2 saturated carbocycles. The second-order valence-corrected chi connectivity index (χ2v) is 11.9. The maximum absolute atomic E-state index is 6.64. The van der Waals surface area contributed by atoms with Crippen LogP contribution in [0, 0.1) is 23.7 Å². The second-order valence-electron chi connectivity index (χ2n) is 11.5. The van der Waals surface area contributed by atoms with Crippen LogP contribution in [-0.2, 0) is 5.41 Å². The Bertz CT molecular complexity index is 1450. The van der Waals surface area contributed by atoms with Gasteiger partial charge in [-0.05, 0) is 94.2 Å². The average Bonchev–Trinajstić information content (AvgIpc) is 3.19. The Morgan fingerprint density at radius 2 is 1.46 bits per heavy atom. The summed E-state index contributed by atoms with van der Waals surface area (Å²) in [6, 6.07) is 29.4. The minimum atomic E-state index is 0.133. The number of hydrogen-bond acceptors (Lipinski definition) is 0. The summed E-state index contributed by atoms with van der Waals surface area (Å²) in [6.07, 6.45) is 6.89. The highest BCUT2D eigenvalue weighted by molar-refractivity contribution is 6.36. The van der Waals surface area contributed by atoms with Gasteiger partial charge >= 0.3 is 0 Å². The SMILES string of the molecule is CCC1CC2CC(C)C3(c4ccccc4-c4c(-c5ccc(Cl)c6ccccc56)cccc43)C(C1)C2. The first kappa shape index (κ1) is 21.7. The number of fused-ring (bicyclic) bond motifs is 9. The molecule has 0 aliphatic heterocycles. The molecule has 3 aliphatic carbocycles. The number of halogens is 1. The predicted octanol–water partition coefficient (Wildman–Crippen LogP) is 9.91. The van der Waals surface area contributed by atoms with E-state index in [1.165, 1.54) is 59.7 Å². The molecule has 1 heteroatoms. The first-order valence-electron chi connectivity index (χ1n) is 13.5. The molecule has 35 heavy (non-hydrogen) atoms. The molecule has 0 nitrogen and oxygen atoms in total. The van der Waals surface area contributed by atoms with E-state index in [-0.39, 0.29) is 5.41 Å². The van der Waals surface area contributed by atoms with Crippen LogP contribution in [0.4, 0.5) is 0 Å². The summed E-state index contributed by atoms with van der Waals surface area (Å²) in [5.74, 6) is 3.17. The molecule has 0 amide bonds. The minimum absolute atomic E-state index is 0.133. The molecule has 7 rings (SSSR count). The zero-order valence-electron chi connectivity index (χ0n) is 20.7. The lowest BCUT2D eigenvalue weighted by molar-refractivity contribution is 0.0368. The summed E-state index contributed by atoms with van der Waals surface area (Å²) in [4.78, 5) is 0. The minimum Gasteiger partial charge on any atom is -0.0837 e. The molecule has 176 valence electrons. The van der Waals surface area contributed by atoms with Gasteiger partial charge in [0.05, 0.1) is 0 Å². The van der Waals surface area contributed by atoms with Crippen LogP contribution in [-0.4, -0.2) is 0 Å². The summed E-state index contributed by atoms with van der Waals surface area (Å²) < 4.78 is 0. The first-order chi connectivity index (χ1) is 17.1. The Labute approximate surface area is 214 Å². The zero-order chi connectivity index (χ0) is 23.7. The Kier molecular flexibility index (Phi) is 4.94. The molecule has 5 unspecified atom stereocenters. The van der Waals surface area contributed by atoms with Crippen molar-refractivity contribution >= 4 is 22.4 Å². The van der Waals surface area contributed by atoms with E-state index in [1.54, 1.807) is 11.1 Å². The smallest absolute Gasteiger partial charge is 0.0484 e. The molecule has 0 heterocycles. The van der Waals surface area contributed by atoms with Crippen LogP contribution in [0.25, 0.3) is 33.0 Å². The van der Waals surface area contributed by atoms with Gasteiger partial charge in [0.2, 0.25) is 0 Å². The summed E-state index contributed by atoms with van der Waals surface area (Å²) in [5.41, 5.74) is 8.90. The maximum atomic E-state index is 6.64. The standard InChI is InChI=1S/C34H33Cl/c1-3-22-18-23-17-21(2)34(24(19-22)20-23)30-13-7-6-11-29(30)33-28(12-8-14-31(33)34)26-15-16-32(35)27-10-5-4-9-25(26)27/h4-16,21-24H,3,17-20H2,1-2H3. The van der Waals surface area contributed by atoms with E-state index in [0.29, 0.717) is 5.92 Å². The van der Waals surface area contributed by atoms with Crippen molar-refractivity contribution in [3.63, 3.8) is 0 Å². The van der Waals surface area contributed by atoms with Crippen LogP contribution in [0.15, 0.2) is 78.9 Å². The summed E-state index contributed by atoms with van der Waals surface area (Å²) in [5, 5.41) is 3.21. The molecule has 0 aromatic heterocycles. The average molecular weight is 477 g/mol. The third kappa shape index (κ3) is 2.93. The molecule has 0 N–H and O–H groups in total. The summed E-state index contributed by atoms with van der Waals surface area (Å²) >= 11 is 6.64. The van der Waals surface area contributed by atoms with Gasteiger partial charge in [0.15, 0.2) is 0 Å². The Balaban J connectivity index is 1.53. The highest BCUT2D eigenvalue weighted by Crippen LogP contribution is 2.65. The van der Waals surface area contributed by atoms with Gasteiger partial charge in [0.1, 0.15) is 0 Å². The lowest BCUT2D eigenvalue weighted by Crippen LogP contribution is -2.49. The predicted molar refractivity (Wildman–Crippen MR) is 149 cm³/mol. The van der Waals surface area contributed by atoms with Gasteiger partial charge in [-0.25, -0.2) is 0 Å². The largest absolute Gasteiger partial charge is 0.0837 e. The van der Waals surface area contributed by atoms with Crippen LogP contribution in [0.5, 0.6) is 0 Å². The molecule has 5 atom stereocenters. The van der Waals surface area contributed by atoms with Crippen molar-refractivity contribution in [3.8, 4) is 22.3 Å². The van der Waals surface area contributed by atoms with Crippen LogP contribution in [0.1, 0.15) is 57.1 Å². The van der Waals surface area contributed by atoms with Gasteiger partial charge in [-0.1, -0.05) is 105 Å². The van der Waals surface area contributed by atoms with E-state index < -0.39 is 0 Å². The van der Waals surface area contributed by atoms with Crippen LogP contribution in [0.3, 0.4) is 0 Å². The molecule has 0 radical (unpaired) electrons. The van der Waals surface area contributed by atoms with Gasteiger partial charge in [-0.2, -0.15) is 0 Å². The van der Waals surface area contributed by atoms with Crippen molar-refractivity contribution in [1.29, 1.82) is 0 Å². The van der Waals surface area contributed by atoms with Crippen molar-refractivity contribution in [1.82, 2.24) is 0 Å². The third-order valence-electron chi connectivity index (χ3n) is 9.90. The fraction of sp³-hybridized carbons (Fsp3) is 0.353. The molecular formula is C34H33Cl. The monoisotopic (exact) mass is 476 g/mol. The second kappa shape index (κ2) is 7.97. The van der Waals surface area contributed by atoms with E-state index in [1.807, 2.05) is 0 Å². The lowest BCUT2D eigenvalue weighted by Gasteiger charge is -2.54. The van der Waals surface area contributed by atoms with E-state index in [0.717, 1.165) is 28.2 Å². The van der Waals surface area contributed by atoms with Gasteiger partial charge in [-0.3, -0.25) is 0 Å². The molecule has 2 bridgehead atoms.